The Morgan fingerprint density at radius 3 is 2.38 bits per heavy atom. The van der Waals surface area contributed by atoms with E-state index in [4.69, 9.17) is 0 Å². The first-order valence-corrected chi connectivity index (χ1v) is 9.18. The Bertz CT molecular complexity index is 972. The van der Waals surface area contributed by atoms with Gasteiger partial charge in [-0.2, -0.15) is 0 Å². The van der Waals surface area contributed by atoms with Crippen LogP contribution in [0.15, 0.2) is 66.7 Å². The molecule has 1 aliphatic rings. The van der Waals surface area contributed by atoms with Crippen LogP contribution in [0.2, 0.25) is 0 Å². The smallest absolute Gasteiger partial charge is 0.236 e. The minimum absolute atomic E-state index is 0.129. The van der Waals surface area contributed by atoms with Crippen molar-refractivity contribution in [3.8, 4) is 11.8 Å². The molecule has 1 aliphatic carbocycles. The monoisotopic (exact) mass is 339 g/mol. The lowest BCUT2D eigenvalue weighted by molar-refractivity contribution is 0.105. The zero-order chi connectivity index (χ0) is 17.8. The maximum absolute atomic E-state index is 12.3. The van der Waals surface area contributed by atoms with Crippen LogP contribution in [0.4, 0.5) is 0 Å². The van der Waals surface area contributed by atoms with Gasteiger partial charge in [0.05, 0.1) is 5.69 Å². The van der Waals surface area contributed by atoms with E-state index in [0.29, 0.717) is 5.56 Å². The molecule has 2 nitrogen and oxygen atoms in total. The van der Waals surface area contributed by atoms with Crippen LogP contribution in [0.1, 0.15) is 45.7 Å². The first kappa shape index (κ1) is 16.4. The Morgan fingerprint density at radius 2 is 1.62 bits per heavy atom. The van der Waals surface area contributed by atoms with Gasteiger partial charge in [0.2, 0.25) is 5.78 Å². The lowest BCUT2D eigenvalue weighted by atomic mass is 9.98. The predicted molar refractivity (Wildman–Crippen MR) is 104 cm³/mol. The van der Waals surface area contributed by atoms with Gasteiger partial charge in [0, 0.05) is 17.8 Å². The summed E-state index contributed by atoms with van der Waals surface area (Å²) in [4.78, 5) is 12.3. The van der Waals surface area contributed by atoms with Crippen molar-refractivity contribution in [2.75, 3.05) is 0 Å². The van der Waals surface area contributed by atoms with Gasteiger partial charge in [-0.25, -0.2) is 0 Å². The number of nitrogens with zero attached hydrogens (tertiary/aromatic N) is 1. The number of rotatable bonds is 3. The fraction of sp³-hybridized carbons (Fsp3) is 0.208. The number of hydrogen-bond donors (Lipinski definition) is 0. The molecule has 1 heterocycles. The molecular formula is C24H21NO. The molecule has 0 spiro atoms. The number of carbonyl (C=O) groups excluding carboxylic acids is 1. The fourth-order valence-corrected chi connectivity index (χ4v) is 3.60. The number of aryl methyl sites for hydroxylation is 1. The zero-order valence-electron chi connectivity index (χ0n) is 14.7. The number of ketones is 1. The first-order valence-electron chi connectivity index (χ1n) is 9.18. The molecule has 0 aliphatic heterocycles. The number of carbonyl (C=O) groups is 1. The average molecular weight is 339 g/mol. The second-order valence-corrected chi connectivity index (χ2v) is 6.73. The number of aromatic nitrogens is 1. The second-order valence-electron chi connectivity index (χ2n) is 6.73. The number of hydrogen-bond acceptors (Lipinski definition) is 1. The van der Waals surface area contributed by atoms with Gasteiger partial charge < -0.3 is 4.57 Å². The van der Waals surface area contributed by atoms with Gasteiger partial charge in [0.25, 0.3) is 0 Å². The molecule has 0 N–H and O–H groups in total. The van der Waals surface area contributed by atoms with Crippen molar-refractivity contribution in [3.63, 3.8) is 0 Å². The maximum Gasteiger partial charge on any atom is 0.236 e. The molecule has 0 bridgehead atoms. The quantitative estimate of drug-likeness (QED) is 0.503. The van der Waals surface area contributed by atoms with Gasteiger partial charge in [-0.05, 0) is 54.7 Å². The summed E-state index contributed by atoms with van der Waals surface area (Å²) in [5, 5.41) is 0. The second kappa shape index (κ2) is 7.45. The fourth-order valence-electron chi connectivity index (χ4n) is 3.60. The molecule has 2 aromatic carbocycles. The van der Waals surface area contributed by atoms with Crippen molar-refractivity contribution in [3.05, 3.63) is 94.8 Å². The topological polar surface area (TPSA) is 22.0 Å². The van der Waals surface area contributed by atoms with Gasteiger partial charge in [0.1, 0.15) is 0 Å². The van der Waals surface area contributed by atoms with Gasteiger partial charge in [-0.1, -0.05) is 60.7 Å². The van der Waals surface area contributed by atoms with E-state index < -0.39 is 0 Å². The lowest BCUT2D eigenvalue weighted by Gasteiger charge is -2.16. The van der Waals surface area contributed by atoms with Crippen molar-refractivity contribution >= 4 is 5.78 Å². The van der Waals surface area contributed by atoms with E-state index in [1.807, 2.05) is 36.4 Å². The van der Waals surface area contributed by atoms with Crippen LogP contribution in [0.25, 0.3) is 0 Å². The minimum Gasteiger partial charge on any atom is -0.334 e. The molecule has 0 saturated heterocycles. The van der Waals surface area contributed by atoms with Crippen LogP contribution in [0, 0.1) is 11.8 Å². The van der Waals surface area contributed by atoms with Crippen LogP contribution in [0.5, 0.6) is 0 Å². The van der Waals surface area contributed by atoms with Crippen LogP contribution >= 0.6 is 0 Å². The average Bonchev–Trinajstić information content (AvgIpc) is 3.05. The van der Waals surface area contributed by atoms with E-state index >= 15 is 0 Å². The van der Waals surface area contributed by atoms with E-state index in [-0.39, 0.29) is 5.78 Å². The highest BCUT2D eigenvalue weighted by atomic mass is 16.1. The van der Waals surface area contributed by atoms with Crippen molar-refractivity contribution in [2.45, 2.75) is 32.2 Å². The molecular weight excluding hydrogens is 318 g/mol. The van der Waals surface area contributed by atoms with E-state index in [0.717, 1.165) is 25.1 Å². The molecule has 4 rings (SSSR count). The lowest BCUT2D eigenvalue weighted by Crippen LogP contribution is -2.10. The first-order chi connectivity index (χ1) is 12.8. The number of Topliss-reactive ketones (excluding diaryl/α,β-unsaturated/α-hetero) is 1. The van der Waals surface area contributed by atoms with Crippen LogP contribution in [0.3, 0.4) is 0 Å². The van der Waals surface area contributed by atoms with Crippen molar-refractivity contribution in [2.24, 2.45) is 0 Å². The van der Waals surface area contributed by atoms with Gasteiger partial charge >= 0.3 is 0 Å². The highest BCUT2D eigenvalue weighted by molar-refractivity contribution is 6.09. The Labute approximate surface area is 154 Å². The highest BCUT2D eigenvalue weighted by Crippen LogP contribution is 2.26. The molecule has 0 amide bonds. The normalized spacial score (nSPS) is 12.8. The predicted octanol–water partition coefficient (Wildman–Crippen LogP) is 4.65. The summed E-state index contributed by atoms with van der Waals surface area (Å²) in [7, 11) is 0. The third-order valence-electron chi connectivity index (χ3n) is 4.93. The molecule has 1 aromatic heterocycles. The molecule has 26 heavy (non-hydrogen) atoms. The summed E-state index contributed by atoms with van der Waals surface area (Å²) in [6.45, 7) is 0.805. The Balaban J connectivity index is 1.69. The Kier molecular flexibility index (Phi) is 4.71. The minimum atomic E-state index is -0.129. The van der Waals surface area contributed by atoms with E-state index in [1.165, 1.54) is 29.7 Å². The third-order valence-corrected chi connectivity index (χ3v) is 4.93. The van der Waals surface area contributed by atoms with Crippen molar-refractivity contribution < 1.29 is 4.79 Å². The molecule has 0 atom stereocenters. The summed E-state index contributed by atoms with van der Waals surface area (Å²) in [6.07, 6.45) is 4.66. The Morgan fingerprint density at radius 1 is 0.923 bits per heavy atom. The summed E-state index contributed by atoms with van der Waals surface area (Å²) in [6, 6.07) is 21.9. The summed E-state index contributed by atoms with van der Waals surface area (Å²) in [5.41, 5.74) is 5.63. The van der Waals surface area contributed by atoms with Crippen LogP contribution in [-0.4, -0.2) is 10.4 Å². The van der Waals surface area contributed by atoms with Gasteiger partial charge in [0.15, 0.2) is 0 Å². The molecule has 2 heteroatoms. The van der Waals surface area contributed by atoms with Crippen LogP contribution in [-0.2, 0) is 19.4 Å². The summed E-state index contributed by atoms with van der Waals surface area (Å²) in [5.74, 6) is 5.86. The summed E-state index contributed by atoms with van der Waals surface area (Å²) >= 11 is 0. The standard InChI is InChI=1S/C24H21NO/c26-24(20-11-5-2-6-12-20)16-15-22-17-21-13-7-8-14-23(21)25(22)18-19-9-3-1-4-10-19/h1-6,9-12,17H,7-8,13-14,18H2. The third kappa shape index (κ3) is 3.48. The van der Waals surface area contributed by atoms with Crippen molar-refractivity contribution in [1.29, 1.82) is 0 Å². The number of benzene rings is 2. The molecule has 128 valence electrons. The molecule has 0 saturated carbocycles. The van der Waals surface area contributed by atoms with Crippen molar-refractivity contribution in [1.82, 2.24) is 4.57 Å². The maximum atomic E-state index is 12.3. The molecule has 0 unspecified atom stereocenters. The molecule has 0 fully saturated rings. The zero-order valence-corrected chi connectivity index (χ0v) is 14.7. The van der Waals surface area contributed by atoms with Gasteiger partial charge in [-0.3, -0.25) is 4.79 Å². The highest BCUT2D eigenvalue weighted by Gasteiger charge is 2.17. The number of fused-ring (bicyclic) bond motifs is 1. The van der Waals surface area contributed by atoms with E-state index in [2.05, 4.69) is 46.7 Å². The molecule has 3 aromatic rings. The summed E-state index contributed by atoms with van der Waals surface area (Å²) < 4.78 is 2.30. The van der Waals surface area contributed by atoms with Crippen LogP contribution < -0.4 is 0 Å². The molecule has 0 radical (unpaired) electrons. The SMILES string of the molecule is O=C(C#Cc1cc2c(n1Cc1ccccc1)CCCC2)c1ccccc1. The van der Waals surface area contributed by atoms with Gasteiger partial charge in [-0.15, -0.1) is 0 Å². The van der Waals surface area contributed by atoms with E-state index in [1.54, 1.807) is 0 Å². The Hall–Kier alpha value is -3.05. The van der Waals surface area contributed by atoms with E-state index in [9.17, 15) is 4.79 Å². The largest absolute Gasteiger partial charge is 0.334 e.